The molecule has 7 nitrogen and oxygen atoms in total. The number of unbranched alkanes of at least 4 members (excludes halogenated alkanes) is 2. The maximum atomic E-state index is 13.2. The second-order valence-corrected chi connectivity index (χ2v) is 9.60. The zero-order valence-electron chi connectivity index (χ0n) is 21.5. The van der Waals surface area contributed by atoms with Crippen LogP contribution >= 0.6 is 11.6 Å². The summed E-state index contributed by atoms with van der Waals surface area (Å²) in [4.78, 5) is 18.0. The number of benzene rings is 3. The van der Waals surface area contributed by atoms with Gasteiger partial charge in [-0.15, -0.1) is 0 Å². The number of anilines is 1. The number of halogens is 1. The summed E-state index contributed by atoms with van der Waals surface area (Å²) in [7, 11) is 0. The Hall–Kier alpha value is -4.10. The Morgan fingerprint density at radius 3 is 2.55 bits per heavy atom. The molecule has 194 valence electrons. The fourth-order valence-electron chi connectivity index (χ4n) is 4.35. The number of hydrogen-bond donors (Lipinski definition) is 1. The van der Waals surface area contributed by atoms with Gasteiger partial charge in [0.15, 0.2) is 0 Å². The smallest absolute Gasteiger partial charge is 0.256 e. The van der Waals surface area contributed by atoms with Crippen molar-refractivity contribution in [1.82, 2.24) is 19.3 Å². The molecular formula is C30H30ClN5O2. The Labute approximate surface area is 227 Å². The van der Waals surface area contributed by atoms with E-state index in [2.05, 4.69) is 21.9 Å². The lowest BCUT2D eigenvalue weighted by atomic mass is 10.2. The Bertz CT molecular complexity index is 1550. The summed E-state index contributed by atoms with van der Waals surface area (Å²) in [5, 5.41) is 8.37. The molecule has 1 amide bonds. The van der Waals surface area contributed by atoms with Gasteiger partial charge in [-0.1, -0.05) is 61.7 Å². The average molecular weight is 528 g/mol. The lowest BCUT2D eigenvalue weighted by Gasteiger charge is -2.13. The number of aromatic nitrogens is 4. The largest absolute Gasteiger partial charge is 0.494 e. The van der Waals surface area contributed by atoms with Gasteiger partial charge in [0, 0.05) is 16.7 Å². The predicted molar refractivity (Wildman–Crippen MR) is 152 cm³/mol. The number of rotatable bonds is 10. The molecule has 0 radical (unpaired) electrons. The topological polar surface area (TPSA) is 74.0 Å². The maximum absolute atomic E-state index is 13.2. The molecule has 2 heterocycles. The molecule has 0 aliphatic rings. The number of hydrogen-bond acceptors (Lipinski definition) is 4. The summed E-state index contributed by atoms with van der Waals surface area (Å²) in [6.45, 7) is 5.22. The first kappa shape index (κ1) is 25.5. The monoisotopic (exact) mass is 527 g/mol. The third-order valence-corrected chi connectivity index (χ3v) is 6.69. The summed E-state index contributed by atoms with van der Waals surface area (Å²) in [6.07, 6.45) is 3.30. The zero-order chi connectivity index (χ0) is 26.5. The summed E-state index contributed by atoms with van der Waals surface area (Å²) >= 11 is 6.49. The Morgan fingerprint density at radius 2 is 1.76 bits per heavy atom. The highest BCUT2D eigenvalue weighted by Gasteiger charge is 2.19. The van der Waals surface area contributed by atoms with E-state index in [4.69, 9.17) is 21.3 Å². The third-order valence-electron chi connectivity index (χ3n) is 6.32. The summed E-state index contributed by atoms with van der Waals surface area (Å²) in [5.41, 5.74) is 4.02. The lowest BCUT2D eigenvalue weighted by Crippen LogP contribution is -2.17. The molecule has 0 atom stereocenters. The number of para-hydroxylation sites is 2. The van der Waals surface area contributed by atoms with Crippen molar-refractivity contribution in [3.63, 3.8) is 0 Å². The van der Waals surface area contributed by atoms with E-state index in [1.54, 1.807) is 16.8 Å². The van der Waals surface area contributed by atoms with Gasteiger partial charge < -0.3 is 14.6 Å². The molecule has 0 aliphatic heterocycles. The quantitative estimate of drug-likeness (QED) is 0.197. The number of fused-ring (bicyclic) bond motifs is 1. The van der Waals surface area contributed by atoms with E-state index in [9.17, 15) is 4.79 Å². The first-order valence-electron chi connectivity index (χ1n) is 12.8. The summed E-state index contributed by atoms with van der Waals surface area (Å²) in [5.74, 6) is 1.64. The predicted octanol–water partition coefficient (Wildman–Crippen LogP) is 7.05. The van der Waals surface area contributed by atoms with Gasteiger partial charge in [-0.3, -0.25) is 4.79 Å². The van der Waals surface area contributed by atoms with Crippen LogP contribution in [-0.4, -0.2) is 31.8 Å². The normalized spacial score (nSPS) is 11.1. The van der Waals surface area contributed by atoms with Crippen molar-refractivity contribution >= 4 is 34.4 Å². The van der Waals surface area contributed by atoms with E-state index in [0.29, 0.717) is 35.5 Å². The summed E-state index contributed by atoms with van der Waals surface area (Å²) in [6, 6.07) is 24.7. The fraction of sp³-hybridized carbons (Fsp3) is 0.233. The molecule has 0 saturated carbocycles. The maximum Gasteiger partial charge on any atom is 0.256 e. The van der Waals surface area contributed by atoms with Gasteiger partial charge in [0.25, 0.3) is 5.91 Å². The standard InChI is InChI=1S/C30H30ClN5O2/c1-3-4-9-18-38-24-16-14-22(15-17-24)29(37)33-28-19-21(2)34-36(28)30-32-26-12-7-8-13-27(26)35(30)20-23-10-5-6-11-25(23)31/h5-8,10-17,19H,3-4,9,18,20H2,1-2H3,(H,33,37). The van der Waals surface area contributed by atoms with Gasteiger partial charge in [-0.25, -0.2) is 4.98 Å². The highest BCUT2D eigenvalue weighted by Crippen LogP contribution is 2.26. The van der Waals surface area contributed by atoms with Gasteiger partial charge >= 0.3 is 0 Å². The second kappa shape index (κ2) is 11.5. The van der Waals surface area contributed by atoms with Gasteiger partial charge in [-0.05, 0) is 61.4 Å². The number of carbonyl (C=O) groups excluding carboxylic acids is 1. The van der Waals surface area contributed by atoms with Crippen LogP contribution < -0.4 is 10.1 Å². The number of amides is 1. The van der Waals surface area contributed by atoms with Crippen LogP contribution in [0.1, 0.15) is 47.8 Å². The minimum absolute atomic E-state index is 0.238. The molecule has 0 bridgehead atoms. The van der Waals surface area contributed by atoms with Crippen LogP contribution in [0, 0.1) is 6.92 Å². The van der Waals surface area contributed by atoms with E-state index >= 15 is 0 Å². The first-order valence-corrected chi connectivity index (χ1v) is 13.2. The minimum Gasteiger partial charge on any atom is -0.494 e. The van der Waals surface area contributed by atoms with Crippen LogP contribution in [-0.2, 0) is 6.54 Å². The molecule has 3 aromatic carbocycles. The number of carbonyl (C=O) groups is 1. The molecule has 8 heteroatoms. The first-order chi connectivity index (χ1) is 18.5. The molecule has 0 aliphatic carbocycles. The number of imidazole rings is 1. The molecule has 1 N–H and O–H groups in total. The van der Waals surface area contributed by atoms with Gasteiger partial charge in [0.2, 0.25) is 5.95 Å². The van der Waals surface area contributed by atoms with Crippen LogP contribution in [0.3, 0.4) is 0 Å². The van der Waals surface area contributed by atoms with Crippen molar-refractivity contribution in [1.29, 1.82) is 0 Å². The van der Waals surface area contributed by atoms with Crippen LogP contribution in [0.2, 0.25) is 5.02 Å². The Balaban J connectivity index is 1.43. The Morgan fingerprint density at radius 1 is 1.00 bits per heavy atom. The molecule has 2 aromatic heterocycles. The van der Waals surface area contributed by atoms with E-state index in [1.165, 1.54) is 0 Å². The lowest BCUT2D eigenvalue weighted by molar-refractivity contribution is 0.102. The summed E-state index contributed by atoms with van der Waals surface area (Å²) < 4.78 is 9.51. The average Bonchev–Trinajstić information content (AvgIpc) is 3.47. The fourth-order valence-corrected chi connectivity index (χ4v) is 4.55. The van der Waals surface area contributed by atoms with E-state index in [-0.39, 0.29) is 5.91 Å². The van der Waals surface area contributed by atoms with E-state index in [0.717, 1.165) is 47.3 Å². The van der Waals surface area contributed by atoms with Crippen LogP contribution in [0.5, 0.6) is 5.75 Å². The van der Waals surface area contributed by atoms with E-state index in [1.807, 2.05) is 73.7 Å². The number of ether oxygens (including phenoxy) is 1. The van der Waals surface area contributed by atoms with Crippen molar-refractivity contribution in [2.45, 2.75) is 39.7 Å². The molecule has 0 saturated heterocycles. The molecule has 5 aromatic rings. The van der Waals surface area contributed by atoms with Crippen molar-refractivity contribution < 1.29 is 9.53 Å². The van der Waals surface area contributed by atoms with Gasteiger partial charge in [-0.2, -0.15) is 9.78 Å². The van der Waals surface area contributed by atoms with Gasteiger partial charge in [0.05, 0.1) is 29.9 Å². The Kier molecular flexibility index (Phi) is 7.75. The van der Waals surface area contributed by atoms with Crippen molar-refractivity contribution in [3.8, 4) is 11.7 Å². The van der Waals surface area contributed by atoms with Crippen LogP contribution in [0.25, 0.3) is 17.0 Å². The van der Waals surface area contributed by atoms with Crippen molar-refractivity contribution in [3.05, 3.63) is 101 Å². The molecule has 0 fully saturated rings. The molecular weight excluding hydrogens is 498 g/mol. The number of aryl methyl sites for hydroxylation is 1. The molecule has 38 heavy (non-hydrogen) atoms. The number of nitrogens with one attached hydrogen (secondary N) is 1. The number of nitrogens with zero attached hydrogens (tertiary/aromatic N) is 4. The van der Waals surface area contributed by atoms with Crippen molar-refractivity contribution in [2.24, 2.45) is 0 Å². The van der Waals surface area contributed by atoms with Crippen molar-refractivity contribution in [2.75, 3.05) is 11.9 Å². The van der Waals surface area contributed by atoms with Crippen LogP contribution in [0.4, 0.5) is 5.82 Å². The molecule has 5 rings (SSSR count). The molecule has 0 spiro atoms. The highest BCUT2D eigenvalue weighted by molar-refractivity contribution is 6.31. The third kappa shape index (κ3) is 5.58. The van der Waals surface area contributed by atoms with E-state index < -0.39 is 0 Å². The minimum atomic E-state index is -0.238. The van der Waals surface area contributed by atoms with Crippen LogP contribution in [0.15, 0.2) is 78.9 Å². The zero-order valence-corrected chi connectivity index (χ0v) is 22.3. The highest BCUT2D eigenvalue weighted by atomic mass is 35.5. The molecule has 0 unspecified atom stereocenters. The SMILES string of the molecule is CCCCCOc1ccc(C(=O)Nc2cc(C)nn2-c2nc3ccccc3n2Cc2ccccc2Cl)cc1. The second-order valence-electron chi connectivity index (χ2n) is 9.19. The van der Waals surface area contributed by atoms with Gasteiger partial charge in [0.1, 0.15) is 11.6 Å².